The molecule has 1 aliphatic heterocycles. The van der Waals surface area contributed by atoms with Crippen LogP contribution in [0.2, 0.25) is 0 Å². The van der Waals surface area contributed by atoms with E-state index in [2.05, 4.69) is 4.98 Å². The second-order valence-corrected chi connectivity index (χ2v) is 7.02. The smallest absolute Gasteiger partial charge is 0.264 e. The SMILES string of the molecule is CN(C(=O)C1CCCCN1C(=O)c1cccs1)c1nccs1. The van der Waals surface area contributed by atoms with E-state index in [0.717, 1.165) is 12.8 Å². The summed E-state index contributed by atoms with van der Waals surface area (Å²) in [5.41, 5.74) is 0. The predicted octanol–water partition coefficient (Wildman–Crippen LogP) is 2.86. The Balaban J connectivity index is 1.80. The van der Waals surface area contributed by atoms with Gasteiger partial charge in [0.05, 0.1) is 4.88 Å². The van der Waals surface area contributed by atoms with E-state index in [9.17, 15) is 9.59 Å². The average Bonchev–Trinajstić information content (AvgIpc) is 3.25. The Morgan fingerprint density at radius 2 is 2.18 bits per heavy atom. The number of thiazole rings is 1. The van der Waals surface area contributed by atoms with Gasteiger partial charge in [-0.25, -0.2) is 4.98 Å². The average molecular weight is 335 g/mol. The van der Waals surface area contributed by atoms with Gasteiger partial charge in [-0.3, -0.25) is 14.5 Å². The molecular weight excluding hydrogens is 318 g/mol. The maximum Gasteiger partial charge on any atom is 0.264 e. The third-order valence-corrected chi connectivity index (χ3v) is 5.52. The zero-order valence-electron chi connectivity index (χ0n) is 12.3. The first-order chi connectivity index (χ1) is 10.7. The molecule has 116 valence electrons. The van der Waals surface area contributed by atoms with E-state index in [-0.39, 0.29) is 11.8 Å². The van der Waals surface area contributed by atoms with E-state index >= 15 is 0 Å². The number of likely N-dealkylation sites (N-methyl/N-ethyl adjacent to an activating group) is 1. The van der Waals surface area contributed by atoms with Crippen LogP contribution in [0.3, 0.4) is 0 Å². The van der Waals surface area contributed by atoms with Gasteiger partial charge in [-0.05, 0) is 30.7 Å². The molecule has 0 N–H and O–H groups in total. The molecule has 2 amide bonds. The van der Waals surface area contributed by atoms with E-state index in [1.165, 1.54) is 22.7 Å². The van der Waals surface area contributed by atoms with E-state index in [4.69, 9.17) is 0 Å². The van der Waals surface area contributed by atoms with Gasteiger partial charge in [-0.1, -0.05) is 6.07 Å². The number of thiophene rings is 1. The van der Waals surface area contributed by atoms with Crippen LogP contribution in [0.1, 0.15) is 28.9 Å². The number of aromatic nitrogens is 1. The second kappa shape index (κ2) is 6.58. The summed E-state index contributed by atoms with van der Waals surface area (Å²) in [6, 6.07) is 3.28. The fourth-order valence-corrected chi connectivity index (χ4v) is 3.96. The zero-order chi connectivity index (χ0) is 15.5. The fourth-order valence-electron chi connectivity index (χ4n) is 2.67. The number of carbonyl (C=O) groups excluding carboxylic acids is 2. The molecule has 1 atom stereocenters. The third kappa shape index (κ3) is 2.91. The van der Waals surface area contributed by atoms with Crippen LogP contribution in [-0.4, -0.2) is 41.3 Å². The molecule has 1 aliphatic rings. The minimum atomic E-state index is -0.391. The number of hydrogen-bond donors (Lipinski definition) is 0. The fraction of sp³-hybridized carbons (Fsp3) is 0.400. The molecule has 2 aromatic heterocycles. The van der Waals surface area contributed by atoms with Crippen LogP contribution in [0, 0.1) is 0 Å². The number of hydrogen-bond acceptors (Lipinski definition) is 5. The molecule has 1 saturated heterocycles. The summed E-state index contributed by atoms with van der Waals surface area (Å²) in [5, 5.41) is 4.39. The first-order valence-corrected chi connectivity index (χ1v) is 8.96. The van der Waals surface area contributed by atoms with Crippen LogP contribution in [0.5, 0.6) is 0 Å². The minimum absolute atomic E-state index is 0.0411. The molecule has 5 nitrogen and oxygen atoms in total. The van der Waals surface area contributed by atoms with Crippen molar-refractivity contribution in [2.45, 2.75) is 25.3 Å². The summed E-state index contributed by atoms with van der Waals surface area (Å²) in [6.07, 6.45) is 4.31. The van der Waals surface area contributed by atoms with Gasteiger partial charge in [0.2, 0.25) is 0 Å². The molecule has 3 rings (SSSR count). The highest BCUT2D eigenvalue weighted by Gasteiger charge is 2.35. The van der Waals surface area contributed by atoms with E-state index in [1.54, 1.807) is 23.0 Å². The molecule has 3 heterocycles. The normalized spacial score (nSPS) is 18.2. The number of amides is 2. The molecule has 0 saturated carbocycles. The molecule has 0 aromatic carbocycles. The van der Waals surface area contributed by atoms with Gasteiger partial charge in [0.15, 0.2) is 5.13 Å². The van der Waals surface area contributed by atoms with Gasteiger partial charge < -0.3 is 4.90 Å². The maximum absolute atomic E-state index is 12.8. The third-order valence-electron chi connectivity index (χ3n) is 3.82. The quantitative estimate of drug-likeness (QED) is 0.867. The summed E-state index contributed by atoms with van der Waals surface area (Å²) in [6.45, 7) is 0.638. The second-order valence-electron chi connectivity index (χ2n) is 5.20. The number of nitrogens with zero attached hydrogens (tertiary/aromatic N) is 3. The Morgan fingerprint density at radius 3 is 2.86 bits per heavy atom. The van der Waals surface area contributed by atoms with Gasteiger partial charge in [0.1, 0.15) is 6.04 Å². The Kier molecular flexibility index (Phi) is 4.54. The van der Waals surface area contributed by atoms with Crippen molar-refractivity contribution in [2.75, 3.05) is 18.5 Å². The Labute approximate surface area is 137 Å². The highest BCUT2D eigenvalue weighted by atomic mass is 32.1. The first kappa shape index (κ1) is 15.2. The summed E-state index contributed by atoms with van der Waals surface area (Å²) < 4.78 is 0. The highest BCUT2D eigenvalue weighted by molar-refractivity contribution is 7.13. The summed E-state index contributed by atoms with van der Waals surface area (Å²) in [7, 11) is 1.73. The number of likely N-dealkylation sites (tertiary alicyclic amines) is 1. The Hall–Kier alpha value is -1.73. The molecule has 1 fully saturated rings. The van der Waals surface area contributed by atoms with Crippen molar-refractivity contribution in [1.29, 1.82) is 0 Å². The van der Waals surface area contributed by atoms with Crippen molar-refractivity contribution >= 4 is 39.6 Å². The summed E-state index contributed by atoms with van der Waals surface area (Å²) in [4.78, 5) is 33.6. The standard InChI is InChI=1S/C15H17N3O2S2/c1-17(15-16-7-10-22-15)13(19)11-5-2-3-8-18(11)14(20)12-6-4-9-21-12/h4,6-7,9-11H,2-3,5,8H2,1H3. The molecule has 22 heavy (non-hydrogen) atoms. The molecular formula is C15H17N3O2S2. The molecule has 0 bridgehead atoms. The van der Waals surface area contributed by atoms with Crippen molar-refractivity contribution in [1.82, 2.24) is 9.88 Å². The number of rotatable bonds is 3. The van der Waals surface area contributed by atoms with Gasteiger partial charge in [0, 0.05) is 25.2 Å². The molecule has 0 spiro atoms. The minimum Gasteiger partial charge on any atom is -0.326 e. The van der Waals surface area contributed by atoms with Crippen LogP contribution in [0.15, 0.2) is 29.1 Å². The van der Waals surface area contributed by atoms with Gasteiger partial charge >= 0.3 is 0 Å². The highest BCUT2D eigenvalue weighted by Crippen LogP contribution is 2.25. The molecule has 7 heteroatoms. The Morgan fingerprint density at radius 1 is 1.32 bits per heavy atom. The van der Waals surface area contributed by atoms with Crippen molar-refractivity contribution in [2.24, 2.45) is 0 Å². The lowest BCUT2D eigenvalue weighted by atomic mass is 10.0. The first-order valence-electron chi connectivity index (χ1n) is 7.20. The van der Waals surface area contributed by atoms with Crippen molar-refractivity contribution in [3.63, 3.8) is 0 Å². The van der Waals surface area contributed by atoms with E-state index in [0.29, 0.717) is 23.0 Å². The van der Waals surface area contributed by atoms with E-state index in [1.807, 2.05) is 22.9 Å². The van der Waals surface area contributed by atoms with Gasteiger partial charge in [-0.2, -0.15) is 0 Å². The van der Waals surface area contributed by atoms with Gasteiger partial charge in [-0.15, -0.1) is 22.7 Å². The van der Waals surface area contributed by atoms with Crippen LogP contribution >= 0.6 is 22.7 Å². The topological polar surface area (TPSA) is 53.5 Å². The summed E-state index contributed by atoms with van der Waals surface area (Å²) >= 11 is 2.84. The number of carbonyl (C=O) groups is 2. The molecule has 1 unspecified atom stereocenters. The monoisotopic (exact) mass is 335 g/mol. The number of piperidine rings is 1. The van der Waals surface area contributed by atoms with Crippen molar-refractivity contribution in [3.8, 4) is 0 Å². The van der Waals surface area contributed by atoms with Gasteiger partial charge in [0.25, 0.3) is 11.8 Å². The number of anilines is 1. The van der Waals surface area contributed by atoms with Crippen molar-refractivity contribution < 1.29 is 9.59 Å². The molecule has 0 aliphatic carbocycles. The lowest BCUT2D eigenvalue weighted by Gasteiger charge is -2.36. The maximum atomic E-state index is 12.8. The van der Waals surface area contributed by atoms with E-state index < -0.39 is 6.04 Å². The molecule has 0 radical (unpaired) electrons. The van der Waals surface area contributed by atoms with Crippen LogP contribution < -0.4 is 4.90 Å². The predicted molar refractivity (Wildman–Crippen MR) is 88.5 cm³/mol. The zero-order valence-corrected chi connectivity index (χ0v) is 13.9. The lowest BCUT2D eigenvalue weighted by molar-refractivity contribution is -0.123. The molecule has 2 aromatic rings. The summed E-state index contributed by atoms with van der Waals surface area (Å²) in [5.74, 6) is -0.0971. The van der Waals surface area contributed by atoms with Crippen molar-refractivity contribution in [3.05, 3.63) is 34.0 Å². The Bertz CT molecular complexity index is 640. The van der Waals surface area contributed by atoms with Crippen LogP contribution in [-0.2, 0) is 4.79 Å². The lowest BCUT2D eigenvalue weighted by Crippen LogP contribution is -2.52. The largest absolute Gasteiger partial charge is 0.326 e. The van der Waals surface area contributed by atoms with Crippen LogP contribution in [0.4, 0.5) is 5.13 Å². The van der Waals surface area contributed by atoms with Crippen LogP contribution in [0.25, 0.3) is 0 Å².